The van der Waals surface area contributed by atoms with E-state index in [4.69, 9.17) is 5.11 Å². The number of nitrogens with zero attached hydrogens (tertiary/aromatic N) is 1. The molecule has 0 atom stereocenters. The number of para-hydroxylation sites is 2. The standard InChI is InChI=1S/C13H11NO3/c15-10-6-5-9(13(17)7-10)8-14-11-3-1-2-4-12(11)16/h1-8,15-17H/b14-8+. The van der Waals surface area contributed by atoms with Gasteiger partial charge in [-0.2, -0.15) is 0 Å². The van der Waals surface area contributed by atoms with Gasteiger partial charge in [0.25, 0.3) is 0 Å². The molecule has 17 heavy (non-hydrogen) atoms. The summed E-state index contributed by atoms with van der Waals surface area (Å²) in [4.78, 5) is 4.05. The maximum Gasteiger partial charge on any atom is 0.141 e. The van der Waals surface area contributed by atoms with Crippen LogP contribution in [0.25, 0.3) is 0 Å². The van der Waals surface area contributed by atoms with Crippen LogP contribution in [-0.2, 0) is 0 Å². The van der Waals surface area contributed by atoms with Crippen molar-refractivity contribution < 1.29 is 15.3 Å². The van der Waals surface area contributed by atoms with E-state index in [9.17, 15) is 10.2 Å². The van der Waals surface area contributed by atoms with Gasteiger partial charge in [0.15, 0.2) is 0 Å². The van der Waals surface area contributed by atoms with E-state index < -0.39 is 0 Å². The molecule has 0 bridgehead atoms. The third kappa shape index (κ3) is 2.55. The Kier molecular flexibility index (Phi) is 2.96. The average molecular weight is 229 g/mol. The minimum absolute atomic E-state index is 0.0118. The molecule has 0 aliphatic carbocycles. The molecule has 0 amide bonds. The number of hydrogen-bond acceptors (Lipinski definition) is 4. The van der Waals surface area contributed by atoms with E-state index in [0.29, 0.717) is 11.3 Å². The van der Waals surface area contributed by atoms with E-state index in [1.807, 2.05) is 0 Å². The predicted molar refractivity (Wildman–Crippen MR) is 65.1 cm³/mol. The molecule has 0 saturated carbocycles. The molecule has 2 aromatic rings. The summed E-state index contributed by atoms with van der Waals surface area (Å²) >= 11 is 0. The lowest BCUT2D eigenvalue weighted by molar-refractivity contribution is 0.450. The van der Waals surface area contributed by atoms with Crippen molar-refractivity contribution in [3.63, 3.8) is 0 Å². The molecular formula is C13H11NO3. The summed E-state index contributed by atoms with van der Waals surface area (Å²) in [6.07, 6.45) is 1.42. The molecule has 2 aromatic carbocycles. The predicted octanol–water partition coefficient (Wildman–Crippen LogP) is 2.55. The Morgan fingerprint density at radius 2 is 1.65 bits per heavy atom. The van der Waals surface area contributed by atoms with Crippen LogP contribution in [0.3, 0.4) is 0 Å². The van der Waals surface area contributed by atoms with E-state index in [-0.39, 0.29) is 17.2 Å². The van der Waals surface area contributed by atoms with Gasteiger partial charge in [-0.1, -0.05) is 12.1 Å². The highest BCUT2D eigenvalue weighted by atomic mass is 16.3. The second-order valence-corrected chi connectivity index (χ2v) is 3.49. The molecule has 2 rings (SSSR count). The molecule has 0 radical (unpaired) electrons. The van der Waals surface area contributed by atoms with Crippen LogP contribution < -0.4 is 0 Å². The van der Waals surface area contributed by atoms with Crippen molar-refractivity contribution in [3.05, 3.63) is 48.0 Å². The first kappa shape index (κ1) is 11.0. The Hall–Kier alpha value is -2.49. The van der Waals surface area contributed by atoms with Crippen LogP contribution in [0.2, 0.25) is 0 Å². The van der Waals surface area contributed by atoms with E-state index >= 15 is 0 Å². The Balaban J connectivity index is 2.29. The zero-order valence-corrected chi connectivity index (χ0v) is 8.91. The first-order valence-electron chi connectivity index (χ1n) is 5.01. The lowest BCUT2D eigenvalue weighted by Gasteiger charge is -2.00. The van der Waals surface area contributed by atoms with Crippen molar-refractivity contribution in [1.82, 2.24) is 0 Å². The fraction of sp³-hybridized carbons (Fsp3) is 0. The summed E-state index contributed by atoms with van der Waals surface area (Å²) < 4.78 is 0. The molecule has 0 saturated heterocycles. The van der Waals surface area contributed by atoms with Crippen molar-refractivity contribution in [1.29, 1.82) is 0 Å². The molecule has 4 nitrogen and oxygen atoms in total. The quantitative estimate of drug-likeness (QED) is 0.693. The van der Waals surface area contributed by atoms with E-state index in [1.165, 1.54) is 30.5 Å². The Bertz CT molecular complexity index is 564. The van der Waals surface area contributed by atoms with Crippen LogP contribution in [0.5, 0.6) is 17.2 Å². The van der Waals surface area contributed by atoms with Gasteiger partial charge in [-0.3, -0.25) is 4.99 Å². The van der Waals surface area contributed by atoms with Gasteiger partial charge in [0.05, 0.1) is 0 Å². The van der Waals surface area contributed by atoms with Crippen molar-refractivity contribution in [2.45, 2.75) is 0 Å². The SMILES string of the molecule is Oc1ccc(/C=N/c2ccccc2O)c(O)c1. The summed E-state index contributed by atoms with van der Waals surface area (Å²) in [7, 11) is 0. The number of rotatable bonds is 2. The lowest BCUT2D eigenvalue weighted by atomic mass is 10.2. The van der Waals surface area contributed by atoms with Crippen molar-refractivity contribution in [2.24, 2.45) is 4.99 Å². The van der Waals surface area contributed by atoms with E-state index in [0.717, 1.165) is 0 Å². The molecule has 3 N–H and O–H groups in total. The van der Waals surface area contributed by atoms with Crippen LogP contribution >= 0.6 is 0 Å². The van der Waals surface area contributed by atoms with Crippen LogP contribution in [0.15, 0.2) is 47.5 Å². The molecule has 0 aliphatic rings. The minimum atomic E-state index is -0.0656. The number of aromatic hydroxyl groups is 3. The second kappa shape index (κ2) is 4.57. The maximum atomic E-state index is 9.52. The normalized spacial score (nSPS) is 10.8. The third-order valence-corrected chi connectivity index (χ3v) is 2.24. The van der Waals surface area contributed by atoms with Gasteiger partial charge in [0.2, 0.25) is 0 Å². The van der Waals surface area contributed by atoms with Gasteiger partial charge < -0.3 is 15.3 Å². The third-order valence-electron chi connectivity index (χ3n) is 2.24. The highest BCUT2D eigenvalue weighted by Crippen LogP contribution is 2.26. The van der Waals surface area contributed by atoms with Gasteiger partial charge in [-0.05, 0) is 24.3 Å². The maximum absolute atomic E-state index is 9.52. The average Bonchev–Trinajstić information content (AvgIpc) is 2.30. The molecule has 0 aliphatic heterocycles. The highest BCUT2D eigenvalue weighted by molar-refractivity contribution is 5.86. The molecule has 4 heteroatoms. The fourth-order valence-electron chi connectivity index (χ4n) is 1.35. The number of benzene rings is 2. The Morgan fingerprint density at radius 1 is 0.882 bits per heavy atom. The first-order chi connectivity index (χ1) is 8.16. The molecule has 0 unspecified atom stereocenters. The van der Waals surface area contributed by atoms with Crippen molar-refractivity contribution in [3.8, 4) is 17.2 Å². The van der Waals surface area contributed by atoms with Gasteiger partial charge >= 0.3 is 0 Å². The molecule has 0 aromatic heterocycles. The van der Waals surface area contributed by atoms with E-state index in [2.05, 4.69) is 4.99 Å². The number of phenols is 3. The number of hydrogen-bond donors (Lipinski definition) is 3. The Morgan fingerprint density at radius 3 is 2.35 bits per heavy atom. The smallest absolute Gasteiger partial charge is 0.141 e. The first-order valence-corrected chi connectivity index (χ1v) is 5.01. The van der Waals surface area contributed by atoms with Gasteiger partial charge in [-0.15, -0.1) is 0 Å². The summed E-state index contributed by atoms with van der Waals surface area (Å²) in [6.45, 7) is 0. The second-order valence-electron chi connectivity index (χ2n) is 3.49. The highest BCUT2D eigenvalue weighted by Gasteiger charge is 2.00. The zero-order valence-electron chi connectivity index (χ0n) is 8.91. The number of aliphatic imine (C=N–C) groups is 1. The monoisotopic (exact) mass is 229 g/mol. The van der Waals surface area contributed by atoms with Gasteiger partial charge in [-0.25, -0.2) is 0 Å². The van der Waals surface area contributed by atoms with Crippen molar-refractivity contribution >= 4 is 11.9 Å². The molecule has 0 heterocycles. The summed E-state index contributed by atoms with van der Waals surface area (Å²) in [5.74, 6) is -0.00611. The minimum Gasteiger partial charge on any atom is -0.508 e. The van der Waals surface area contributed by atoms with Crippen LogP contribution in [0.1, 0.15) is 5.56 Å². The van der Waals surface area contributed by atoms with Gasteiger partial charge in [0.1, 0.15) is 22.9 Å². The summed E-state index contributed by atoms with van der Waals surface area (Å²) in [5.41, 5.74) is 0.881. The molecular weight excluding hydrogens is 218 g/mol. The lowest BCUT2D eigenvalue weighted by Crippen LogP contribution is -1.81. The van der Waals surface area contributed by atoms with Crippen LogP contribution in [-0.4, -0.2) is 21.5 Å². The van der Waals surface area contributed by atoms with Crippen LogP contribution in [0.4, 0.5) is 5.69 Å². The largest absolute Gasteiger partial charge is 0.508 e. The number of phenolic OH excluding ortho intramolecular Hbond substituents is 3. The summed E-state index contributed by atoms with van der Waals surface area (Å²) in [5, 5.41) is 28.1. The molecule has 86 valence electrons. The van der Waals surface area contributed by atoms with Crippen molar-refractivity contribution in [2.75, 3.05) is 0 Å². The van der Waals surface area contributed by atoms with Gasteiger partial charge in [0, 0.05) is 17.8 Å². The fourth-order valence-corrected chi connectivity index (χ4v) is 1.35. The Labute approximate surface area is 98.1 Å². The van der Waals surface area contributed by atoms with Crippen LogP contribution in [0, 0.1) is 0 Å². The van der Waals surface area contributed by atoms with E-state index in [1.54, 1.807) is 18.2 Å². The molecule has 0 spiro atoms. The zero-order chi connectivity index (χ0) is 12.3. The summed E-state index contributed by atoms with van der Waals surface area (Å²) in [6, 6.07) is 10.9. The molecule has 0 fully saturated rings. The topological polar surface area (TPSA) is 73.1 Å².